The van der Waals surface area contributed by atoms with Gasteiger partial charge in [-0.15, -0.1) is 0 Å². The van der Waals surface area contributed by atoms with Gasteiger partial charge in [0.05, 0.1) is 25.7 Å². The molecule has 0 radical (unpaired) electrons. The number of benzene rings is 3. The number of nitrogens with one attached hydrogen (secondary N) is 1. The van der Waals surface area contributed by atoms with E-state index >= 15 is 0 Å². The maximum atomic E-state index is 13.3. The average molecular weight is 556 g/mol. The first-order valence-electron chi connectivity index (χ1n) is 11.4. The summed E-state index contributed by atoms with van der Waals surface area (Å²) in [6, 6.07) is 17.8. The van der Waals surface area contributed by atoms with Crippen molar-refractivity contribution in [2.75, 3.05) is 21.3 Å². The fourth-order valence-corrected chi connectivity index (χ4v) is 6.18. The van der Waals surface area contributed by atoms with Gasteiger partial charge in [0.2, 0.25) is 11.7 Å². The van der Waals surface area contributed by atoms with Crippen molar-refractivity contribution >= 4 is 21.8 Å². The Labute approximate surface area is 216 Å². The van der Waals surface area contributed by atoms with Gasteiger partial charge in [-0.25, -0.2) is 0 Å². The standard InChI is InChI=1S/C27H26BrNO7/c1-29-25(32)19-20(14-7-5-4-6-8-14)27(15-9-11-16(28)12-10-15)26(33,24(19)31)21-17(36-27)13-18(34-2)22(30)23(21)35-3/h4-13,19-20,24,30-31,33H,1-3H3,(H,29,32). The molecule has 1 fully saturated rings. The van der Waals surface area contributed by atoms with Crippen molar-refractivity contribution in [1.29, 1.82) is 0 Å². The van der Waals surface area contributed by atoms with E-state index in [0.717, 1.165) is 4.47 Å². The third-order valence-electron chi connectivity index (χ3n) is 7.37. The lowest BCUT2D eigenvalue weighted by molar-refractivity contribution is -0.154. The SMILES string of the molecule is CNC(=O)C1C(O)C2(O)c3c(cc(OC)c(O)c3OC)OC2(c2ccc(Br)cc2)C1c1ccccc1. The van der Waals surface area contributed by atoms with Gasteiger partial charge in [0.15, 0.2) is 22.7 Å². The second-order valence-corrected chi connectivity index (χ2v) is 9.83. The number of aliphatic hydroxyl groups is 2. The topological polar surface area (TPSA) is 117 Å². The van der Waals surface area contributed by atoms with Crippen LogP contribution in [0.1, 0.15) is 22.6 Å². The summed E-state index contributed by atoms with van der Waals surface area (Å²) >= 11 is 3.45. The number of amides is 1. The molecule has 1 heterocycles. The number of rotatable bonds is 5. The molecule has 0 spiro atoms. The number of methoxy groups -OCH3 is 2. The van der Waals surface area contributed by atoms with Gasteiger partial charge in [-0.05, 0) is 23.3 Å². The Morgan fingerprint density at radius 3 is 2.33 bits per heavy atom. The highest BCUT2D eigenvalue weighted by Gasteiger charge is 2.78. The minimum Gasteiger partial charge on any atom is -0.502 e. The maximum absolute atomic E-state index is 13.3. The van der Waals surface area contributed by atoms with E-state index in [4.69, 9.17) is 14.2 Å². The van der Waals surface area contributed by atoms with Gasteiger partial charge in [0.25, 0.3) is 0 Å². The predicted molar refractivity (Wildman–Crippen MR) is 134 cm³/mol. The summed E-state index contributed by atoms with van der Waals surface area (Å²) in [6.07, 6.45) is -1.63. The molecule has 9 heteroatoms. The van der Waals surface area contributed by atoms with Crippen molar-refractivity contribution in [3.63, 3.8) is 0 Å². The number of hydrogen-bond donors (Lipinski definition) is 4. The first kappa shape index (κ1) is 24.4. The highest BCUT2D eigenvalue weighted by atomic mass is 79.9. The zero-order chi connectivity index (χ0) is 25.8. The lowest BCUT2D eigenvalue weighted by atomic mass is 9.70. The Kier molecular flexibility index (Phi) is 5.89. The van der Waals surface area contributed by atoms with Crippen LogP contribution < -0.4 is 19.5 Å². The minimum absolute atomic E-state index is 0.0473. The van der Waals surface area contributed by atoms with E-state index in [0.29, 0.717) is 11.1 Å². The third-order valence-corrected chi connectivity index (χ3v) is 7.90. The van der Waals surface area contributed by atoms with Crippen molar-refractivity contribution in [2.45, 2.75) is 23.2 Å². The quantitative estimate of drug-likeness (QED) is 0.382. The fourth-order valence-electron chi connectivity index (χ4n) is 5.92. The number of carbonyl (C=O) groups is 1. The van der Waals surface area contributed by atoms with Crippen LogP contribution in [0.3, 0.4) is 0 Å². The Hall–Kier alpha value is -3.27. The molecule has 5 unspecified atom stereocenters. The number of phenolic OH excluding ortho intramolecular Hbond substituents is 1. The average Bonchev–Trinajstić information content (AvgIpc) is 3.27. The molecule has 5 atom stereocenters. The number of aliphatic hydroxyl groups excluding tert-OH is 1. The molecule has 3 aromatic rings. The van der Waals surface area contributed by atoms with Crippen molar-refractivity contribution < 1.29 is 34.3 Å². The molecule has 4 N–H and O–H groups in total. The van der Waals surface area contributed by atoms with E-state index in [1.165, 1.54) is 27.3 Å². The molecule has 36 heavy (non-hydrogen) atoms. The van der Waals surface area contributed by atoms with E-state index in [1.54, 1.807) is 24.3 Å². The van der Waals surface area contributed by atoms with Crippen LogP contribution in [0.4, 0.5) is 0 Å². The van der Waals surface area contributed by atoms with Crippen molar-refractivity contribution in [2.24, 2.45) is 5.92 Å². The summed E-state index contributed by atoms with van der Waals surface area (Å²) < 4.78 is 18.3. The summed E-state index contributed by atoms with van der Waals surface area (Å²) in [5, 5.41) is 38.0. The number of aromatic hydroxyl groups is 1. The van der Waals surface area contributed by atoms with E-state index in [-0.39, 0.29) is 28.6 Å². The smallest absolute Gasteiger partial charge is 0.226 e. The number of fused-ring (bicyclic) bond motifs is 3. The second-order valence-electron chi connectivity index (χ2n) is 8.92. The van der Waals surface area contributed by atoms with Crippen LogP contribution in [0, 0.1) is 5.92 Å². The Morgan fingerprint density at radius 1 is 1.08 bits per heavy atom. The van der Waals surface area contributed by atoms with Crippen molar-refractivity contribution in [1.82, 2.24) is 5.32 Å². The fraction of sp³-hybridized carbons (Fsp3) is 0.296. The van der Waals surface area contributed by atoms with Crippen LogP contribution in [0.5, 0.6) is 23.0 Å². The number of carbonyl (C=O) groups excluding carboxylic acids is 1. The van der Waals surface area contributed by atoms with Crippen LogP contribution in [-0.2, 0) is 16.0 Å². The molecule has 0 bridgehead atoms. The highest BCUT2D eigenvalue weighted by Crippen LogP contribution is 2.71. The molecule has 1 saturated carbocycles. The maximum Gasteiger partial charge on any atom is 0.226 e. The number of phenols is 1. The van der Waals surface area contributed by atoms with Gasteiger partial charge in [-0.1, -0.05) is 58.4 Å². The monoisotopic (exact) mass is 555 g/mol. The molecule has 3 aromatic carbocycles. The van der Waals surface area contributed by atoms with Gasteiger partial charge in [0.1, 0.15) is 11.9 Å². The summed E-state index contributed by atoms with van der Waals surface area (Å²) in [4.78, 5) is 13.3. The molecule has 188 valence electrons. The normalized spacial score (nSPS) is 28.1. The molecule has 2 aliphatic rings. The molecule has 0 aromatic heterocycles. The zero-order valence-corrected chi connectivity index (χ0v) is 21.4. The number of hydrogen-bond acceptors (Lipinski definition) is 7. The zero-order valence-electron chi connectivity index (χ0n) is 19.9. The van der Waals surface area contributed by atoms with Crippen LogP contribution in [0.25, 0.3) is 0 Å². The Morgan fingerprint density at radius 2 is 1.75 bits per heavy atom. The van der Waals surface area contributed by atoms with Crippen molar-refractivity contribution in [3.05, 3.63) is 81.8 Å². The van der Waals surface area contributed by atoms with Gasteiger partial charge in [-0.2, -0.15) is 0 Å². The lowest BCUT2D eigenvalue weighted by Gasteiger charge is -2.40. The van der Waals surface area contributed by atoms with Gasteiger partial charge >= 0.3 is 0 Å². The first-order valence-corrected chi connectivity index (χ1v) is 12.2. The molecule has 1 aliphatic carbocycles. The lowest BCUT2D eigenvalue weighted by Crippen LogP contribution is -2.52. The molecular weight excluding hydrogens is 530 g/mol. The van der Waals surface area contributed by atoms with Crippen LogP contribution in [-0.4, -0.2) is 48.6 Å². The minimum atomic E-state index is -2.19. The molecule has 0 saturated heterocycles. The molecule has 1 aliphatic heterocycles. The van der Waals surface area contributed by atoms with E-state index < -0.39 is 35.0 Å². The summed E-state index contributed by atoms with van der Waals surface area (Å²) in [5.74, 6) is -2.60. The second kappa shape index (κ2) is 8.69. The third kappa shape index (κ3) is 3.03. The highest BCUT2D eigenvalue weighted by molar-refractivity contribution is 9.10. The molecular formula is C27H26BrNO7. The predicted octanol–water partition coefficient (Wildman–Crippen LogP) is 3.17. The number of halogens is 1. The van der Waals surface area contributed by atoms with E-state index in [9.17, 15) is 20.1 Å². The summed E-state index contributed by atoms with van der Waals surface area (Å²) in [5.41, 5.74) is -2.59. The van der Waals surface area contributed by atoms with Crippen LogP contribution in [0.2, 0.25) is 0 Å². The van der Waals surface area contributed by atoms with Crippen LogP contribution >= 0.6 is 15.9 Å². The van der Waals surface area contributed by atoms with E-state index in [1.807, 2.05) is 30.3 Å². The largest absolute Gasteiger partial charge is 0.502 e. The number of ether oxygens (including phenoxy) is 3. The summed E-state index contributed by atoms with van der Waals surface area (Å²) in [6.45, 7) is 0. The van der Waals surface area contributed by atoms with Gasteiger partial charge < -0.3 is 34.8 Å². The van der Waals surface area contributed by atoms with Crippen LogP contribution in [0.15, 0.2) is 65.1 Å². The molecule has 1 amide bonds. The molecule has 8 nitrogen and oxygen atoms in total. The Bertz CT molecular complexity index is 1320. The first-order chi connectivity index (χ1) is 17.3. The summed E-state index contributed by atoms with van der Waals surface area (Å²) in [7, 11) is 4.21. The Balaban J connectivity index is 1.91. The van der Waals surface area contributed by atoms with E-state index in [2.05, 4.69) is 21.2 Å². The van der Waals surface area contributed by atoms with Gasteiger partial charge in [-0.3, -0.25) is 4.79 Å². The van der Waals surface area contributed by atoms with Crippen molar-refractivity contribution in [3.8, 4) is 23.0 Å². The van der Waals surface area contributed by atoms with Gasteiger partial charge in [0, 0.05) is 23.5 Å². The molecule has 5 rings (SSSR count).